The van der Waals surface area contributed by atoms with E-state index in [9.17, 15) is 4.79 Å². The number of carbonyl (C=O) groups excluding carboxylic acids is 1. The van der Waals surface area contributed by atoms with Gasteiger partial charge in [-0.1, -0.05) is 6.42 Å². The maximum absolute atomic E-state index is 14.1. The summed E-state index contributed by atoms with van der Waals surface area (Å²) >= 11 is 1.62. The van der Waals surface area contributed by atoms with Crippen LogP contribution < -0.4 is 14.2 Å². The summed E-state index contributed by atoms with van der Waals surface area (Å²) in [5, 5.41) is 0.938. The van der Waals surface area contributed by atoms with Crippen molar-refractivity contribution in [3.8, 4) is 27.7 Å². The first-order chi connectivity index (χ1) is 21.0. The SMILES string of the molecule is COc1ccc2c(C(=O)c3ccc(O[C@@H]4CCCC[C@@H]4N(C)C)cc3)c(-c3ccc(OCCN4CCCC4)cc3)sc2c1. The van der Waals surface area contributed by atoms with Crippen LogP contribution in [-0.4, -0.2) is 75.2 Å². The van der Waals surface area contributed by atoms with Gasteiger partial charge >= 0.3 is 0 Å². The molecule has 4 aromatic rings. The molecule has 1 saturated heterocycles. The minimum Gasteiger partial charge on any atom is -0.497 e. The summed E-state index contributed by atoms with van der Waals surface area (Å²) in [7, 11) is 5.92. The van der Waals surface area contributed by atoms with E-state index in [0.717, 1.165) is 62.7 Å². The molecule has 1 saturated carbocycles. The quantitative estimate of drug-likeness (QED) is 0.166. The molecule has 0 spiro atoms. The Balaban J connectivity index is 1.24. The zero-order valence-corrected chi connectivity index (χ0v) is 26.3. The minimum atomic E-state index is 0.00717. The largest absolute Gasteiger partial charge is 0.497 e. The van der Waals surface area contributed by atoms with Crippen molar-refractivity contribution in [2.45, 2.75) is 50.7 Å². The number of benzene rings is 3. The first-order valence-electron chi connectivity index (χ1n) is 15.5. The molecule has 6 rings (SSSR count). The van der Waals surface area contributed by atoms with Crippen LogP contribution in [0.25, 0.3) is 20.5 Å². The van der Waals surface area contributed by atoms with E-state index in [1.165, 1.54) is 38.8 Å². The molecule has 0 amide bonds. The second-order valence-corrected chi connectivity index (χ2v) is 13.0. The van der Waals surface area contributed by atoms with Crippen LogP contribution in [0, 0.1) is 0 Å². The number of rotatable bonds is 11. The van der Waals surface area contributed by atoms with Gasteiger partial charge < -0.3 is 19.1 Å². The normalized spacial score (nSPS) is 19.2. The molecule has 2 fully saturated rings. The standard InChI is InChI=1S/C36H42N2O4S/c1-37(2)31-8-4-5-9-32(31)42-28-16-10-25(11-17-28)35(39)34-30-19-18-29(40-3)24-33(30)43-36(34)26-12-14-27(15-13-26)41-23-22-38-20-6-7-21-38/h10-19,24,31-32H,4-9,20-23H2,1-3H3/t31-,32+/m0/s1. The average molecular weight is 599 g/mol. The maximum atomic E-state index is 14.1. The smallest absolute Gasteiger partial charge is 0.195 e. The number of fused-ring (bicyclic) bond motifs is 1. The molecule has 6 nitrogen and oxygen atoms in total. The number of thiophene rings is 1. The van der Waals surface area contributed by atoms with Gasteiger partial charge in [-0.05, 0) is 132 Å². The van der Waals surface area contributed by atoms with Gasteiger partial charge in [0.05, 0.1) is 7.11 Å². The molecular weight excluding hydrogens is 556 g/mol. The first kappa shape index (κ1) is 29.7. The fraction of sp³-hybridized carbons (Fsp3) is 0.417. The highest BCUT2D eigenvalue weighted by molar-refractivity contribution is 7.22. The van der Waals surface area contributed by atoms with E-state index in [-0.39, 0.29) is 11.9 Å². The van der Waals surface area contributed by atoms with Crippen molar-refractivity contribution >= 4 is 27.2 Å². The molecule has 2 aliphatic rings. The Kier molecular flexibility index (Phi) is 9.31. The Bertz CT molecular complexity index is 1520. The number of likely N-dealkylation sites (N-methyl/N-ethyl adjacent to an activating group) is 1. The Hall–Kier alpha value is -3.39. The van der Waals surface area contributed by atoms with Crippen LogP contribution in [0.4, 0.5) is 0 Å². The molecular formula is C36H42N2O4S. The van der Waals surface area contributed by atoms with E-state index >= 15 is 0 Å². The van der Waals surface area contributed by atoms with Crippen molar-refractivity contribution in [1.29, 1.82) is 0 Å². The van der Waals surface area contributed by atoms with Crippen LogP contribution in [0.3, 0.4) is 0 Å². The Morgan fingerprint density at radius 3 is 2.30 bits per heavy atom. The Labute approximate surface area is 259 Å². The number of methoxy groups -OCH3 is 1. The topological polar surface area (TPSA) is 51.2 Å². The van der Waals surface area contributed by atoms with Crippen LogP contribution in [0.15, 0.2) is 66.7 Å². The third kappa shape index (κ3) is 6.74. The van der Waals surface area contributed by atoms with E-state index in [2.05, 4.69) is 36.0 Å². The number of hydrogen-bond acceptors (Lipinski definition) is 7. The van der Waals surface area contributed by atoms with Gasteiger partial charge in [0.2, 0.25) is 0 Å². The van der Waals surface area contributed by atoms with Crippen LogP contribution >= 0.6 is 11.3 Å². The lowest BCUT2D eigenvalue weighted by Crippen LogP contribution is -2.44. The molecule has 0 bridgehead atoms. The van der Waals surface area contributed by atoms with E-state index in [0.29, 0.717) is 18.2 Å². The number of carbonyl (C=O) groups is 1. The van der Waals surface area contributed by atoms with Gasteiger partial charge in [-0.3, -0.25) is 9.69 Å². The summed E-state index contributed by atoms with van der Waals surface area (Å²) in [6.45, 7) is 3.98. The number of nitrogens with zero attached hydrogens (tertiary/aromatic N) is 2. The highest BCUT2D eigenvalue weighted by Crippen LogP contribution is 2.42. The summed E-state index contributed by atoms with van der Waals surface area (Å²) in [5.41, 5.74) is 2.38. The molecule has 0 radical (unpaired) electrons. The average Bonchev–Trinajstić information content (AvgIpc) is 3.69. The van der Waals surface area contributed by atoms with Gasteiger partial charge in [0.15, 0.2) is 5.78 Å². The molecule has 0 N–H and O–H groups in total. The van der Waals surface area contributed by atoms with Gasteiger partial charge in [0.1, 0.15) is 30.0 Å². The van der Waals surface area contributed by atoms with Gasteiger partial charge in [-0.2, -0.15) is 0 Å². The molecule has 43 heavy (non-hydrogen) atoms. The summed E-state index contributed by atoms with van der Waals surface area (Å²) in [6.07, 6.45) is 7.38. The third-order valence-electron chi connectivity index (χ3n) is 8.85. The van der Waals surface area contributed by atoms with Crippen LogP contribution in [0.5, 0.6) is 17.2 Å². The Morgan fingerprint density at radius 1 is 0.884 bits per heavy atom. The van der Waals surface area contributed by atoms with Gasteiger partial charge in [-0.25, -0.2) is 0 Å². The number of likely N-dealkylation sites (tertiary alicyclic amines) is 1. The molecule has 1 aromatic heterocycles. The van der Waals surface area contributed by atoms with Gasteiger partial charge in [0.25, 0.3) is 0 Å². The summed E-state index contributed by atoms with van der Waals surface area (Å²) in [6, 6.07) is 22.2. The fourth-order valence-electron chi connectivity index (χ4n) is 6.44. The van der Waals surface area contributed by atoms with Crippen molar-refractivity contribution in [2.24, 2.45) is 0 Å². The first-order valence-corrected chi connectivity index (χ1v) is 16.4. The third-order valence-corrected chi connectivity index (χ3v) is 10.1. The van der Waals surface area contributed by atoms with Crippen molar-refractivity contribution in [2.75, 3.05) is 47.4 Å². The molecule has 226 valence electrons. The molecule has 3 aromatic carbocycles. The lowest BCUT2D eigenvalue weighted by atomic mass is 9.91. The molecule has 1 aliphatic carbocycles. The van der Waals surface area contributed by atoms with Crippen molar-refractivity contribution < 1.29 is 19.0 Å². The zero-order chi connectivity index (χ0) is 29.8. The molecule has 2 heterocycles. The predicted octanol–water partition coefficient (Wildman–Crippen LogP) is 7.53. The predicted molar refractivity (Wildman–Crippen MR) is 175 cm³/mol. The van der Waals surface area contributed by atoms with Crippen molar-refractivity contribution in [3.63, 3.8) is 0 Å². The van der Waals surface area contributed by atoms with Crippen LogP contribution in [-0.2, 0) is 0 Å². The summed E-state index contributed by atoms with van der Waals surface area (Å²) in [4.78, 5) is 19.8. The van der Waals surface area contributed by atoms with Crippen molar-refractivity contribution in [1.82, 2.24) is 9.80 Å². The highest BCUT2D eigenvalue weighted by atomic mass is 32.1. The lowest BCUT2D eigenvalue weighted by Gasteiger charge is -2.36. The van der Waals surface area contributed by atoms with Crippen LogP contribution in [0.2, 0.25) is 0 Å². The molecule has 7 heteroatoms. The van der Waals surface area contributed by atoms with E-state index < -0.39 is 0 Å². The lowest BCUT2D eigenvalue weighted by molar-refractivity contribution is 0.0623. The molecule has 0 unspecified atom stereocenters. The number of ether oxygens (including phenoxy) is 3. The zero-order valence-electron chi connectivity index (χ0n) is 25.5. The number of ketones is 1. The molecule has 2 atom stereocenters. The van der Waals surface area contributed by atoms with Gasteiger partial charge in [0, 0.05) is 38.7 Å². The monoisotopic (exact) mass is 598 g/mol. The second-order valence-electron chi connectivity index (χ2n) is 11.9. The highest BCUT2D eigenvalue weighted by Gasteiger charge is 2.28. The summed E-state index contributed by atoms with van der Waals surface area (Å²) in [5.74, 6) is 2.45. The fourth-order valence-corrected chi connectivity index (χ4v) is 7.68. The summed E-state index contributed by atoms with van der Waals surface area (Å²) < 4.78 is 19.0. The van der Waals surface area contributed by atoms with Crippen LogP contribution in [0.1, 0.15) is 54.4 Å². The maximum Gasteiger partial charge on any atom is 0.195 e. The van der Waals surface area contributed by atoms with Crippen molar-refractivity contribution in [3.05, 3.63) is 77.9 Å². The van der Waals surface area contributed by atoms with E-state index in [1.807, 2.05) is 54.6 Å². The Morgan fingerprint density at radius 2 is 1.58 bits per heavy atom. The van der Waals surface area contributed by atoms with E-state index in [4.69, 9.17) is 14.2 Å². The molecule has 1 aliphatic heterocycles. The van der Waals surface area contributed by atoms with E-state index in [1.54, 1.807) is 18.4 Å². The van der Waals surface area contributed by atoms with Gasteiger partial charge in [-0.15, -0.1) is 11.3 Å². The number of hydrogen-bond donors (Lipinski definition) is 0. The second kappa shape index (κ2) is 13.5. The minimum absolute atomic E-state index is 0.00717.